The molecule has 136 valence electrons. The van der Waals surface area contributed by atoms with Crippen LogP contribution in [-0.2, 0) is 9.53 Å². The SMILES string of the molecule is O=C(C[C@@H]1COCCN1)NC1CCN(C(=O)Nc2ccccc2)CC1. The van der Waals surface area contributed by atoms with Gasteiger partial charge in [-0.05, 0) is 25.0 Å². The largest absolute Gasteiger partial charge is 0.378 e. The van der Waals surface area contributed by atoms with Crippen LogP contribution >= 0.6 is 0 Å². The number of nitrogens with zero attached hydrogens (tertiary/aromatic N) is 1. The summed E-state index contributed by atoms with van der Waals surface area (Å²) in [6.07, 6.45) is 2.00. The predicted molar refractivity (Wildman–Crippen MR) is 95.4 cm³/mol. The smallest absolute Gasteiger partial charge is 0.321 e. The normalized spacial score (nSPS) is 21.6. The Morgan fingerprint density at radius 3 is 2.64 bits per heavy atom. The number of anilines is 1. The van der Waals surface area contributed by atoms with E-state index in [9.17, 15) is 9.59 Å². The highest BCUT2D eigenvalue weighted by atomic mass is 16.5. The fourth-order valence-corrected chi connectivity index (χ4v) is 3.21. The number of nitrogens with one attached hydrogen (secondary N) is 3. The number of carbonyl (C=O) groups is 2. The lowest BCUT2D eigenvalue weighted by molar-refractivity contribution is -0.123. The molecule has 7 heteroatoms. The van der Waals surface area contributed by atoms with Crippen molar-refractivity contribution in [2.75, 3.05) is 38.2 Å². The molecular formula is C18H26N4O3. The van der Waals surface area contributed by atoms with Crippen LogP contribution < -0.4 is 16.0 Å². The standard InChI is InChI=1S/C18H26N4O3/c23-17(12-16-13-25-11-8-19-16)20-15-6-9-22(10-7-15)18(24)21-14-4-2-1-3-5-14/h1-5,15-16,19H,6-13H2,(H,20,23)(H,21,24)/t16-/m1/s1. The summed E-state index contributed by atoms with van der Waals surface area (Å²) in [5, 5.41) is 9.27. The van der Waals surface area contributed by atoms with Crippen molar-refractivity contribution in [1.29, 1.82) is 0 Å². The van der Waals surface area contributed by atoms with Crippen molar-refractivity contribution >= 4 is 17.6 Å². The van der Waals surface area contributed by atoms with E-state index in [-0.39, 0.29) is 24.0 Å². The van der Waals surface area contributed by atoms with E-state index in [0.717, 1.165) is 25.1 Å². The molecule has 7 nitrogen and oxygen atoms in total. The Morgan fingerprint density at radius 1 is 1.20 bits per heavy atom. The first-order valence-electron chi connectivity index (χ1n) is 8.92. The molecule has 3 rings (SSSR count). The van der Waals surface area contributed by atoms with Gasteiger partial charge in [0.2, 0.25) is 5.91 Å². The maximum absolute atomic E-state index is 12.3. The van der Waals surface area contributed by atoms with Crippen molar-refractivity contribution < 1.29 is 14.3 Å². The molecule has 3 N–H and O–H groups in total. The van der Waals surface area contributed by atoms with Crippen molar-refractivity contribution in [1.82, 2.24) is 15.5 Å². The summed E-state index contributed by atoms with van der Waals surface area (Å²) in [5.74, 6) is 0.0511. The molecule has 3 amide bonds. The monoisotopic (exact) mass is 346 g/mol. The van der Waals surface area contributed by atoms with Crippen molar-refractivity contribution in [3.8, 4) is 0 Å². The van der Waals surface area contributed by atoms with Crippen LogP contribution in [0.2, 0.25) is 0 Å². The van der Waals surface area contributed by atoms with Crippen LogP contribution in [0, 0.1) is 0 Å². The lowest BCUT2D eigenvalue weighted by Gasteiger charge is -2.33. The molecule has 0 radical (unpaired) electrons. The third-order valence-corrected chi connectivity index (χ3v) is 4.60. The first-order chi connectivity index (χ1) is 12.2. The van der Waals surface area contributed by atoms with Gasteiger partial charge in [0.1, 0.15) is 0 Å². The molecule has 1 atom stereocenters. The Bertz CT molecular complexity index is 567. The Kier molecular flexibility index (Phi) is 6.25. The van der Waals surface area contributed by atoms with Gasteiger partial charge in [-0.1, -0.05) is 18.2 Å². The molecule has 2 saturated heterocycles. The number of ether oxygens (including phenoxy) is 1. The quantitative estimate of drug-likeness (QED) is 0.764. The predicted octanol–water partition coefficient (Wildman–Crippen LogP) is 1.18. The van der Waals surface area contributed by atoms with Crippen LogP contribution in [0.15, 0.2) is 30.3 Å². The van der Waals surface area contributed by atoms with Gasteiger partial charge in [0.05, 0.1) is 13.2 Å². The second kappa shape index (κ2) is 8.82. The van der Waals surface area contributed by atoms with E-state index >= 15 is 0 Å². The lowest BCUT2D eigenvalue weighted by atomic mass is 10.0. The zero-order valence-corrected chi connectivity index (χ0v) is 14.4. The number of hydrogen-bond acceptors (Lipinski definition) is 4. The summed E-state index contributed by atoms with van der Waals surface area (Å²) >= 11 is 0. The van der Waals surface area contributed by atoms with E-state index in [0.29, 0.717) is 32.7 Å². The summed E-state index contributed by atoms with van der Waals surface area (Å²) in [7, 11) is 0. The molecule has 0 aliphatic carbocycles. The molecule has 0 bridgehead atoms. The second-order valence-electron chi connectivity index (χ2n) is 6.56. The van der Waals surface area contributed by atoms with Gasteiger partial charge >= 0.3 is 6.03 Å². The van der Waals surface area contributed by atoms with Crippen molar-refractivity contribution in [3.63, 3.8) is 0 Å². The second-order valence-corrected chi connectivity index (χ2v) is 6.56. The highest BCUT2D eigenvalue weighted by Gasteiger charge is 2.25. The molecule has 2 fully saturated rings. The summed E-state index contributed by atoms with van der Waals surface area (Å²) in [6.45, 7) is 3.39. The topological polar surface area (TPSA) is 82.7 Å². The molecule has 2 aliphatic rings. The van der Waals surface area contributed by atoms with Gasteiger partial charge in [-0.2, -0.15) is 0 Å². The number of para-hydroxylation sites is 1. The van der Waals surface area contributed by atoms with Gasteiger partial charge in [-0.15, -0.1) is 0 Å². The number of piperidine rings is 1. The molecular weight excluding hydrogens is 320 g/mol. The van der Waals surface area contributed by atoms with Crippen LogP contribution in [-0.4, -0.2) is 61.8 Å². The molecule has 25 heavy (non-hydrogen) atoms. The van der Waals surface area contributed by atoms with Gasteiger partial charge in [-0.25, -0.2) is 4.79 Å². The minimum Gasteiger partial charge on any atom is -0.378 e. The van der Waals surface area contributed by atoms with Crippen molar-refractivity contribution in [3.05, 3.63) is 30.3 Å². The van der Waals surface area contributed by atoms with E-state index in [4.69, 9.17) is 4.74 Å². The Hall–Kier alpha value is -2.12. The Labute approximate surface area is 148 Å². The lowest BCUT2D eigenvalue weighted by Crippen LogP contribution is -2.49. The molecule has 2 heterocycles. The summed E-state index contributed by atoms with van der Waals surface area (Å²) in [5.41, 5.74) is 0.796. The molecule has 0 saturated carbocycles. The minimum absolute atomic E-state index is 0.0511. The molecule has 1 aromatic rings. The average molecular weight is 346 g/mol. The molecule has 1 aromatic carbocycles. The number of hydrogen-bond donors (Lipinski definition) is 3. The van der Waals surface area contributed by atoms with E-state index in [1.165, 1.54) is 0 Å². The molecule has 0 spiro atoms. The van der Waals surface area contributed by atoms with Gasteiger partial charge in [0.15, 0.2) is 0 Å². The van der Waals surface area contributed by atoms with Gasteiger partial charge in [-0.3, -0.25) is 4.79 Å². The van der Waals surface area contributed by atoms with E-state index in [2.05, 4.69) is 16.0 Å². The van der Waals surface area contributed by atoms with Crippen LogP contribution in [0.25, 0.3) is 0 Å². The van der Waals surface area contributed by atoms with Crippen LogP contribution in [0.1, 0.15) is 19.3 Å². The number of rotatable bonds is 4. The highest BCUT2D eigenvalue weighted by molar-refractivity contribution is 5.89. The summed E-state index contributed by atoms with van der Waals surface area (Å²) < 4.78 is 5.37. The summed E-state index contributed by atoms with van der Waals surface area (Å²) in [6, 6.07) is 9.59. The fraction of sp³-hybridized carbons (Fsp3) is 0.556. The average Bonchev–Trinajstić information content (AvgIpc) is 2.64. The van der Waals surface area contributed by atoms with Gasteiger partial charge in [0.25, 0.3) is 0 Å². The zero-order chi connectivity index (χ0) is 17.5. The highest BCUT2D eigenvalue weighted by Crippen LogP contribution is 2.13. The minimum atomic E-state index is -0.0838. The Balaban J connectivity index is 1.37. The summed E-state index contributed by atoms with van der Waals surface area (Å²) in [4.78, 5) is 26.2. The number of urea groups is 1. The number of morpholine rings is 1. The van der Waals surface area contributed by atoms with Crippen LogP contribution in [0.4, 0.5) is 10.5 Å². The van der Waals surface area contributed by atoms with Crippen molar-refractivity contribution in [2.45, 2.75) is 31.3 Å². The third kappa shape index (κ3) is 5.44. The first kappa shape index (κ1) is 17.7. The van der Waals surface area contributed by atoms with E-state index in [1.54, 1.807) is 4.90 Å². The number of likely N-dealkylation sites (tertiary alicyclic amines) is 1. The maximum atomic E-state index is 12.3. The van der Waals surface area contributed by atoms with Crippen LogP contribution in [0.5, 0.6) is 0 Å². The van der Waals surface area contributed by atoms with E-state index < -0.39 is 0 Å². The third-order valence-electron chi connectivity index (χ3n) is 4.60. The van der Waals surface area contributed by atoms with Crippen molar-refractivity contribution in [2.24, 2.45) is 0 Å². The number of carbonyl (C=O) groups excluding carboxylic acids is 2. The zero-order valence-electron chi connectivity index (χ0n) is 14.4. The van der Waals surface area contributed by atoms with Gasteiger partial charge in [0, 0.05) is 43.8 Å². The maximum Gasteiger partial charge on any atom is 0.321 e. The van der Waals surface area contributed by atoms with Gasteiger partial charge < -0.3 is 25.6 Å². The first-order valence-corrected chi connectivity index (χ1v) is 8.92. The van der Waals surface area contributed by atoms with E-state index in [1.807, 2.05) is 30.3 Å². The number of benzene rings is 1. The van der Waals surface area contributed by atoms with Crippen LogP contribution in [0.3, 0.4) is 0 Å². The number of amides is 3. The molecule has 2 aliphatic heterocycles. The molecule has 0 unspecified atom stereocenters. The molecule has 0 aromatic heterocycles. The Morgan fingerprint density at radius 2 is 1.96 bits per heavy atom. The fourth-order valence-electron chi connectivity index (χ4n) is 3.21.